The number of fused-ring (bicyclic) bond motifs is 2. The van der Waals surface area contributed by atoms with Crippen molar-refractivity contribution in [3.63, 3.8) is 0 Å². The number of carbonyl (C=O) groups excluding carboxylic acids is 2. The second-order valence-corrected chi connectivity index (χ2v) is 10.2. The highest BCUT2D eigenvalue weighted by Gasteiger charge is 2.46. The van der Waals surface area contributed by atoms with Gasteiger partial charge in [-0.3, -0.25) is 19.0 Å². The molecular formula is C26H29FN6O4. The van der Waals surface area contributed by atoms with Crippen LogP contribution in [-0.2, 0) is 28.1 Å². The van der Waals surface area contributed by atoms with Crippen LogP contribution in [0.25, 0.3) is 11.5 Å². The average Bonchev–Trinajstić information content (AvgIpc) is 3.20. The Bertz CT molecular complexity index is 1450. The summed E-state index contributed by atoms with van der Waals surface area (Å²) in [4.78, 5) is 51.8. The van der Waals surface area contributed by atoms with Crippen LogP contribution in [0.2, 0.25) is 0 Å². The van der Waals surface area contributed by atoms with Crippen LogP contribution in [0.1, 0.15) is 48.3 Å². The molecule has 6 rings (SSSR count). The van der Waals surface area contributed by atoms with Crippen molar-refractivity contribution >= 4 is 11.8 Å². The zero-order valence-electron chi connectivity index (χ0n) is 21.0. The molecule has 10 nitrogen and oxygen atoms in total. The molecular weight excluding hydrogens is 479 g/mol. The fourth-order valence-corrected chi connectivity index (χ4v) is 5.34. The number of rotatable bonds is 4. The number of likely N-dealkylation sites (N-methyl/N-ethyl adjacent to an activating group) is 1. The standard InChI is InChI=1S/C26H29FN6O4/c1-14-10-16(4-5-18(14)27)11-17-12-28-21(29-17)19-20(34)23(36)33-13-15-6-8-26(9-7-15,25(33)30-19)31-22(35)24(37)32(2)3/h4-5,10,12,15,34H,6-9,11,13H2,1-3H3,(H,28,29)(H,31,35). The van der Waals surface area contributed by atoms with Gasteiger partial charge in [-0.15, -0.1) is 0 Å². The maximum Gasteiger partial charge on any atom is 0.311 e. The monoisotopic (exact) mass is 508 g/mol. The molecule has 1 aliphatic carbocycles. The van der Waals surface area contributed by atoms with Gasteiger partial charge in [0.1, 0.15) is 11.6 Å². The van der Waals surface area contributed by atoms with E-state index >= 15 is 0 Å². The number of H-pyrrole nitrogens is 1. The summed E-state index contributed by atoms with van der Waals surface area (Å²) in [7, 11) is 3.00. The highest BCUT2D eigenvalue weighted by atomic mass is 19.1. The van der Waals surface area contributed by atoms with Gasteiger partial charge in [-0.05, 0) is 55.7 Å². The van der Waals surface area contributed by atoms with Gasteiger partial charge in [0.05, 0.1) is 5.54 Å². The number of imidazole rings is 1. The first-order valence-corrected chi connectivity index (χ1v) is 12.3. The first-order chi connectivity index (χ1) is 17.6. The van der Waals surface area contributed by atoms with E-state index < -0.39 is 28.7 Å². The van der Waals surface area contributed by atoms with Gasteiger partial charge in [0.2, 0.25) is 5.75 Å². The van der Waals surface area contributed by atoms with Crippen molar-refractivity contribution in [3.05, 3.63) is 63.2 Å². The molecule has 3 N–H and O–H groups in total. The summed E-state index contributed by atoms with van der Waals surface area (Å²) < 4.78 is 15.1. The number of benzene rings is 1. The van der Waals surface area contributed by atoms with E-state index in [4.69, 9.17) is 0 Å². The fourth-order valence-electron chi connectivity index (χ4n) is 5.34. The first-order valence-electron chi connectivity index (χ1n) is 12.3. The van der Waals surface area contributed by atoms with Gasteiger partial charge in [0, 0.05) is 39.0 Å². The third kappa shape index (κ3) is 4.38. The molecule has 2 amide bonds. The molecule has 194 valence electrons. The Morgan fingerprint density at radius 1 is 1.30 bits per heavy atom. The molecule has 0 radical (unpaired) electrons. The summed E-state index contributed by atoms with van der Waals surface area (Å²) >= 11 is 0. The van der Waals surface area contributed by atoms with E-state index in [0.717, 1.165) is 18.4 Å². The van der Waals surface area contributed by atoms with E-state index in [1.165, 1.54) is 29.6 Å². The molecule has 37 heavy (non-hydrogen) atoms. The normalized spacial score (nSPS) is 20.3. The number of aromatic nitrogens is 4. The number of nitrogens with one attached hydrogen (secondary N) is 2. The van der Waals surface area contributed by atoms with Crippen molar-refractivity contribution in [3.8, 4) is 17.3 Å². The summed E-state index contributed by atoms with van der Waals surface area (Å²) in [6, 6.07) is 4.84. The highest BCUT2D eigenvalue weighted by Crippen LogP contribution is 2.43. The van der Waals surface area contributed by atoms with Crippen molar-refractivity contribution < 1.29 is 19.1 Å². The van der Waals surface area contributed by atoms with Crippen LogP contribution >= 0.6 is 0 Å². The molecule has 2 bridgehead atoms. The number of carbonyl (C=O) groups is 2. The molecule has 3 aromatic rings. The maximum absolute atomic E-state index is 13.6. The Kier molecular flexibility index (Phi) is 6.09. The molecule has 0 spiro atoms. The summed E-state index contributed by atoms with van der Waals surface area (Å²) in [6.45, 7) is 2.07. The van der Waals surface area contributed by atoms with Gasteiger partial charge in [-0.1, -0.05) is 12.1 Å². The van der Waals surface area contributed by atoms with E-state index in [-0.39, 0.29) is 23.3 Å². The molecule has 11 heteroatoms. The molecule has 1 saturated carbocycles. The fraction of sp³-hybridized carbons (Fsp3) is 0.423. The third-order valence-corrected chi connectivity index (χ3v) is 7.40. The SMILES string of the molecule is Cc1cc(Cc2cnc(-c3nc4n(c(=O)c3O)CC3CCC4(NC(=O)C(=O)N(C)C)CC3)[nH]2)ccc1F. The lowest BCUT2D eigenvalue weighted by molar-refractivity contribution is -0.145. The first kappa shape index (κ1) is 24.7. The van der Waals surface area contributed by atoms with Gasteiger partial charge in [0.25, 0.3) is 5.56 Å². The van der Waals surface area contributed by atoms with Crippen molar-refractivity contribution in [1.82, 2.24) is 29.7 Å². The lowest BCUT2D eigenvalue weighted by atomic mass is 9.77. The lowest BCUT2D eigenvalue weighted by Gasteiger charge is -2.37. The number of aryl methyl sites for hydroxylation is 1. The molecule has 3 aliphatic rings. The van der Waals surface area contributed by atoms with Gasteiger partial charge in [0.15, 0.2) is 11.5 Å². The average molecular weight is 509 g/mol. The minimum atomic E-state index is -1.02. The number of hydrogen-bond donors (Lipinski definition) is 3. The zero-order valence-corrected chi connectivity index (χ0v) is 21.0. The molecule has 2 aromatic heterocycles. The van der Waals surface area contributed by atoms with Crippen LogP contribution in [0.5, 0.6) is 5.75 Å². The lowest BCUT2D eigenvalue weighted by Crippen LogP contribution is -2.53. The summed E-state index contributed by atoms with van der Waals surface area (Å²) in [5.41, 5.74) is 0.452. The highest BCUT2D eigenvalue weighted by molar-refractivity contribution is 6.35. The van der Waals surface area contributed by atoms with E-state index in [0.29, 0.717) is 42.9 Å². The summed E-state index contributed by atoms with van der Waals surface area (Å²) in [5, 5.41) is 13.7. The Labute approximate surface area is 212 Å². The smallest absolute Gasteiger partial charge is 0.311 e. The van der Waals surface area contributed by atoms with E-state index in [2.05, 4.69) is 20.3 Å². The number of amides is 2. The second-order valence-electron chi connectivity index (χ2n) is 10.2. The Morgan fingerprint density at radius 2 is 2.03 bits per heavy atom. The van der Waals surface area contributed by atoms with Crippen molar-refractivity contribution in [2.75, 3.05) is 14.1 Å². The number of hydrogen-bond acceptors (Lipinski definition) is 6. The van der Waals surface area contributed by atoms with Gasteiger partial charge in [-0.2, -0.15) is 0 Å². The van der Waals surface area contributed by atoms with Crippen LogP contribution in [-0.4, -0.2) is 55.4 Å². The number of nitrogens with zero attached hydrogens (tertiary/aromatic N) is 4. The minimum Gasteiger partial charge on any atom is -0.501 e. The maximum atomic E-state index is 13.6. The van der Waals surface area contributed by atoms with Crippen LogP contribution in [0, 0.1) is 18.7 Å². The van der Waals surface area contributed by atoms with Gasteiger partial charge in [-0.25, -0.2) is 14.4 Å². The van der Waals surface area contributed by atoms with E-state index in [1.54, 1.807) is 25.3 Å². The van der Waals surface area contributed by atoms with Crippen LogP contribution in [0.3, 0.4) is 0 Å². The largest absolute Gasteiger partial charge is 0.501 e. The van der Waals surface area contributed by atoms with Crippen molar-refractivity contribution in [2.45, 2.75) is 51.1 Å². The third-order valence-electron chi connectivity index (χ3n) is 7.40. The summed E-state index contributed by atoms with van der Waals surface area (Å²) in [6.07, 6.45) is 4.56. The van der Waals surface area contributed by atoms with E-state index in [9.17, 15) is 23.9 Å². The molecule has 1 aromatic carbocycles. The number of halogens is 1. The molecule has 1 fully saturated rings. The quantitative estimate of drug-likeness (QED) is 0.462. The Balaban J connectivity index is 1.54. The molecule has 4 heterocycles. The zero-order chi connectivity index (χ0) is 26.5. The summed E-state index contributed by atoms with van der Waals surface area (Å²) in [5.74, 6) is -1.55. The van der Waals surface area contributed by atoms with Crippen LogP contribution in [0.4, 0.5) is 4.39 Å². The van der Waals surface area contributed by atoms with Gasteiger partial charge >= 0.3 is 11.8 Å². The molecule has 0 atom stereocenters. The number of aromatic hydroxyl groups is 1. The topological polar surface area (TPSA) is 133 Å². The Morgan fingerprint density at radius 3 is 2.70 bits per heavy atom. The number of aromatic amines is 1. The molecule has 0 saturated heterocycles. The van der Waals surface area contributed by atoms with Crippen molar-refractivity contribution in [1.29, 1.82) is 0 Å². The van der Waals surface area contributed by atoms with Gasteiger partial charge < -0.3 is 20.3 Å². The molecule has 2 aliphatic heterocycles. The molecule has 0 unspecified atom stereocenters. The second kappa shape index (κ2) is 9.13. The van der Waals surface area contributed by atoms with E-state index in [1.807, 2.05) is 0 Å². The van der Waals surface area contributed by atoms with Crippen LogP contribution in [0.15, 0.2) is 29.2 Å². The van der Waals surface area contributed by atoms with Crippen molar-refractivity contribution in [2.24, 2.45) is 5.92 Å². The predicted octanol–water partition coefficient (Wildman–Crippen LogP) is 1.98. The predicted molar refractivity (Wildman–Crippen MR) is 132 cm³/mol. The van der Waals surface area contributed by atoms with Crippen LogP contribution < -0.4 is 10.9 Å². The minimum absolute atomic E-state index is 0.0179. The Hall–Kier alpha value is -4.02.